The first kappa shape index (κ1) is 13.7. The van der Waals surface area contributed by atoms with Gasteiger partial charge in [0.15, 0.2) is 0 Å². The highest BCUT2D eigenvalue weighted by Gasteiger charge is 2.08. The van der Waals surface area contributed by atoms with Crippen LogP contribution in [-0.4, -0.2) is 23.7 Å². The van der Waals surface area contributed by atoms with Crippen LogP contribution in [0.5, 0.6) is 0 Å². The van der Waals surface area contributed by atoms with Gasteiger partial charge >= 0.3 is 0 Å². The van der Waals surface area contributed by atoms with Crippen LogP contribution >= 0.6 is 0 Å². The molecule has 0 unspecified atom stereocenters. The zero-order valence-corrected chi connectivity index (χ0v) is 10.6. The predicted octanol–water partition coefficient (Wildman–Crippen LogP) is 1.81. The normalized spacial score (nSPS) is 12.2. The summed E-state index contributed by atoms with van der Waals surface area (Å²) in [5.41, 5.74) is 2.40. The molecule has 94 valence electrons. The summed E-state index contributed by atoms with van der Waals surface area (Å²) in [6.07, 6.45) is 1.97. The largest absolute Gasteiger partial charge is 0.394 e. The lowest BCUT2D eigenvalue weighted by atomic mass is 10.1. The van der Waals surface area contributed by atoms with Crippen LogP contribution in [0.25, 0.3) is 0 Å². The second kappa shape index (κ2) is 7.07. The minimum Gasteiger partial charge on any atom is -0.394 e. The molecule has 1 rings (SSSR count). The van der Waals surface area contributed by atoms with E-state index in [1.165, 1.54) is 11.1 Å². The molecule has 1 aromatic rings. The SMILES string of the molecule is CC[C@@H](CO)NC(=O)CCc1ccc(C)cc1. The number of carbonyl (C=O) groups excluding carboxylic acids is 1. The highest BCUT2D eigenvalue weighted by atomic mass is 16.3. The molecule has 1 aromatic carbocycles. The van der Waals surface area contributed by atoms with Gasteiger partial charge in [-0.05, 0) is 25.3 Å². The fourth-order valence-corrected chi connectivity index (χ4v) is 1.59. The van der Waals surface area contributed by atoms with E-state index in [0.717, 1.165) is 12.8 Å². The summed E-state index contributed by atoms with van der Waals surface area (Å²) in [4.78, 5) is 11.6. The lowest BCUT2D eigenvalue weighted by Crippen LogP contribution is -2.36. The first-order chi connectivity index (χ1) is 8.15. The molecule has 0 saturated carbocycles. The van der Waals surface area contributed by atoms with Gasteiger partial charge < -0.3 is 10.4 Å². The van der Waals surface area contributed by atoms with Crippen molar-refractivity contribution in [1.29, 1.82) is 0 Å². The van der Waals surface area contributed by atoms with Crippen LogP contribution in [0.3, 0.4) is 0 Å². The quantitative estimate of drug-likeness (QED) is 0.790. The third kappa shape index (κ3) is 5.00. The maximum Gasteiger partial charge on any atom is 0.220 e. The number of carbonyl (C=O) groups is 1. The molecule has 0 radical (unpaired) electrons. The Morgan fingerprint density at radius 1 is 1.35 bits per heavy atom. The van der Waals surface area contributed by atoms with Crippen molar-refractivity contribution in [1.82, 2.24) is 5.32 Å². The first-order valence-corrected chi connectivity index (χ1v) is 6.11. The standard InChI is InChI=1S/C14H21NO2/c1-3-13(10-16)15-14(17)9-8-12-6-4-11(2)5-7-12/h4-7,13,16H,3,8-10H2,1-2H3,(H,15,17)/t13-/m0/s1. The molecule has 2 N–H and O–H groups in total. The van der Waals surface area contributed by atoms with E-state index in [4.69, 9.17) is 5.11 Å². The summed E-state index contributed by atoms with van der Waals surface area (Å²) in [6.45, 7) is 4.00. The first-order valence-electron chi connectivity index (χ1n) is 6.11. The average Bonchev–Trinajstić information content (AvgIpc) is 2.35. The molecule has 1 amide bonds. The number of aryl methyl sites for hydroxylation is 2. The molecule has 0 spiro atoms. The van der Waals surface area contributed by atoms with Crippen LogP contribution in [0.1, 0.15) is 30.9 Å². The zero-order valence-electron chi connectivity index (χ0n) is 10.6. The van der Waals surface area contributed by atoms with E-state index in [-0.39, 0.29) is 18.6 Å². The van der Waals surface area contributed by atoms with Crippen molar-refractivity contribution < 1.29 is 9.90 Å². The topological polar surface area (TPSA) is 49.3 Å². The summed E-state index contributed by atoms with van der Waals surface area (Å²) in [5, 5.41) is 11.8. The van der Waals surface area contributed by atoms with Crippen molar-refractivity contribution in [3.63, 3.8) is 0 Å². The number of rotatable bonds is 6. The predicted molar refractivity (Wildman–Crippen MR) is 68.8 cm³/mol. The molecular weight excluding hydrogens is 214 g/mol. The summed E-state index contributed by atoms with van der Waals surface area (Å²) >= 11 is 0. The van der Waals surface area contributed by atoms with Crippen LogP contribution in [-0.2, 0) is 11.2 Å². The third-order valence-electron chi connectivity index (χ3n) is 2.84. The summed E-state index contributed by atoms with van der Waals surface area (Å²) in [5.74, 6) is 0.00600. The maximum atomic E-state index is 11.6. The van der Waals surface area contributed by atoms with Crippen molar-refractivity contribution in [3.05, 3.63) is 35.4 Å². The van der Waals surface area contributed by atoms with Crippen LogP contribution in [0.15, 0.2) is 24.3 Å². The van der Waals surface area contributed by atoms with Crippen molar-refractivity contribution >= 4 is 5.91 Å². The van der Waals surface area contributed by atoms with Gasteiger partial charge in [0.05, 0.1) is 12.6 Å². The smallest absolute Gasteiger partial charge is 0.220 e. The molecule has 0 aliphatic heterocycles. The maximum absolute atomic E-state index is 11.6. The van der Waals surface area contributed by atoms with Crippen LogP contribution in [0, 0.1) is 6.92 Å². The fraction of sp³-hybridized carbons (Fsp3) is 0.500. The number of aliphatic hydroxyl groups excluding tert-OH is 1. The van der Waals surface area contributed by atoms with E-state index in [0.29, 0.717) is 6.42 Å². The van der Waals surface area contributed by atoms with Crippen molar-refractivity contribution in [2.24, 2.45) is 0 Å². The van der Waals surface area contributed by atoms with E-state index in [9.17, 15) is 4.79 Å². The Morgan fingerprint density at radius 3 is 2.53 bits per heavy atom. The molecule has 0 aromatic heterocycles. The van der Waals surface area contributed by atoms with Crippen LogP contribution in [0.2, 0.25) is 0 Å². The number of amides is 1. The zero-order chi connectivity index (χ0) is 12.7. The highest BCUT2D eigenvalue weighted by molar-refractivity contribution is 5.76. The Balaban J connectivity index is 2.35. The highest BCUT2D eigenvalue weighted by Crippen LogP contribution is 2.05. The van der Waals surface area contributed by atoms with E-state index in [2.05, 4.69) is 17.4 Å². The monoisotopic (exact) mass is 235 g/mol. The second-order valence-electron chi connectivity index (χ2n) is 4.34. The van der Waals surface area contributed by atoms with Crippen molar-refractivity contribution in [3.8, 4) is 0 Å². The Labute approximate surface area is 103 Å². The number of hydrogen-bond acceptors (Lipinski definition) is 2. The van der Waals surface area contributed by atoms with Gasteiger partial charge in [0.2, 0.25) is 5.91 Å². The van der Waals surface area contributed by atoms with Gasteiger partial charge in [-0.3, -0.25) is 4.79 Å². The fourth-order valence-electron chi connectivity index (χ4n) is 1.59. The molecule has 0 saturated heterocycles. The molecule has 0 heterocycles. The molecule has 3 heteroatoms. The Bertz CT molecular complexity index is 342. The van der Waals surface area contributed by atoms with Gasteiger partial charge in [0, 0.05) is 6.42 Å². The summed E-state index contributed by atoms with van der Waals surface area (Å²) in [7, 11) is 0. The molecule has 0 aliphatic rings. The summed E-state index contributed by atoms with van der Waals surface area (Å²) < 4.78 is 0. The van der Waals surface area contributed by atoms with Gasteiger partial charge in [-0.2, -0.15) is 0 Å². The Hall–Kier alpha value is -1.35. The Morgan fingerprint density at radius 2 is 2.00 bits per heavy atom. The molecule has 1 atom stereocenters. The van der Waals surface area contributed by atoms with Crippen molar-refractivity contribution in [2.75, 3.05) is 6.61 Å². The number of benzene rings is 1. The minimum atomic E-state index is -0.111. The van der Waals surface area contributed by atoms with Crippen LogP contribution < -0.4 is 5.32 Å². The molecule has 17 heavy (non-hydrogen) atoms. The van der Waals surface area contributed by atoms with Crippen molar-refractivity contribution in [2.45, 2.75) is 39.2 Å². The minimum absolute atomic E-state index is 0.00600. The van der Waals surface area contributed by atoms with Gasteiger partial charge in [-0.25, -0.2) is 0 Å². The molecule has 0 aliphatic carbocycles. The van der Waals surface area contributed by atoms with E-state index in [1.807, 2.05) is 26.0 Å². The van der Waals surface area contributed by atoms with Gasteiger partial charge in [-0.15, -0.1) is 0 Å². The summed E-state index contributed by atoms with van der Waals surface area (Å²) in [6, 6.07) is 8.09. The second-order valence-corrected chi connectivity index (χ2v) is 4.34. The molecule has 3 nitrogen and oxygen atoms in total. The molecular formula is C14H21NO2. The van der Waals surface area contributed by atoms with Gasteiger partial charge in [0.1, 0.15) is 0 Å². The average molecular weight is 235 g/mol. The lowest BCUT2D eigenvalue weighted by molar-refractivity contribution is -0.122. The number of hydrogen-bond donors (Lipinski definition) is 2. The molecule has 0 fully saturated rings. The van der Waals surface area contributed by atoms with Gasteiger partial charge in [-0.1, -0.05) is 36.8 Å². The number of nitrogens with one attached hydrogen (secondary N) is 1. The molecule has 0 bridgehead atoms. The number of aliphatic hydroxyl groups is 1. The Kier molecular flexibility index (Phi) is 5.70. The van der Waals surface area contributed by atoms with Crippen LogP contribution in [0.4, 0.5) is 0 Å². The lowest BCUT2D eigenvalue weighted by Gasteiger charge is -2.13. The van der Waals surface area contributed by atoms with Gasteiger partial charge in [0.25, 0.3) is 0 Å². The van der Waals surface area contributed by atoms with E-state index in [1.54, 1.807) is 0 Å². The van der Waals surface area contributed by atoms with E-state index < -0.39 is 0 Å². The third-order valence-corrected chi connectivity index (χ3v) is 2.84. The van der Waals surface area contributed by atoms with E-state index >= 15 is 0 Å².